The summed E-state index contributed by atoms with van der Waals surface area (Å²) in [5.41, 5.74) is 1.14. The van der Waals surface area contributed by atoms with Crippen molar-refractivity contribution in [3.05, 3.63) is 35.6 Å². The molecule has 0 amide bonds. The zero-order valence-corrected chi connectivity index (χ0v) is 10.3. The smallest absolute Gasteiger partial charge is 0.123 e. The summed E-state index contributed by atoms with van der Waals surface area (Å²) in [4.78, 5) is 0. The molecule has 0 radical (unpaired) electrons. The van der Waals surface area contributed by atoms with Gasteiger partial charge in [0.1, 0.15) is 5.82 Å². The van der Waals surface area contributed by atoms with Crippen molar-refractivity contribution in [2.75, 3.05) is 0 Å². The van der Waals surface area contributed by atoms with Gasteiger partial charge in [0.05, 0.1) is 0 Å². The van der Waals surface area contributed by atoms with E-state index in [-0.39, 0.29) is 11.4 Å². The van der Waals surface area contributed by atoms with E-state index in [1.165, 1.54) is 6.07 Å². The van der Waals surface area contributed by atoms with Gasteiger partial charge in [0.15, 0.2) is 0 Å². The highest BCUT2D eigenvalue weighted by Gasteiger charge is 2.45. The molecule has 1 unspecified atom stereocenters. The molecule has 16 heavy (non-hydrogen) atoms. The molecule has 2 heteroatoms. The minimum absolute atomic E-state index is 0.0474. The molecule has 1 aliphatic rings. The Labute approximate surface area is 97.1 Å². The summed E-state index contributed by atoms with van der Waals surface area (Å²) in [6.07, 6.45) is 2.24. The molecule has 0 spiro atoms. The van der Waals surface area contributed by atoms with Gasteiger partial charge in [-0.05, 0) is 43.4 Å². The van der Waals surface area contributed by atoms with Crippen molar-refractivity contribution in [3.63, 3.8) is 0 Å². The summed E-state index contributed by atoms with van der Waals surface area (Å²) < 4.78 is 13.2. The van der Waals surface area contributed by atoms with Crippen molar-refractivity contribution in [1.82, 2.24) is 5.32 Å². The first-order chi connectivity index (χ1) is 7.53. The van der Waals surface area contributed by atoms with Crippen LogP contribution in [0.25, 0.3) is 0 Å². The van der Waals surface area contributed by atoms with Crippen LogP contribution in [0.4, 0.5) is 4.39 Å². The van der Waals surface area contributed by atoms with E-state index in [2.05, 4.69) is 26.1 Å². The standard InChI is InChI=1S/C14H20FN/c1-10(2)11(3)16-14(7-8-14)12-5-4-6-13(15)9-12/h4-6,9-11,16H,7-8H2,1-3H3. The summed E-state index contributed by atoms with van der Waals surface area (Å²) in [6.45, 7) is 6.61. The molecule has 0 aromatic heterocycles. The number of benzene rings is 1. The molecule has 1 aromatic rings. The maximum atomic E-state index is 13.2. The fraction of sp³-hybridized carbons (Fsp3) is 0.571. The van der Waals surface area contributed by atoms with Crippen LogP contribution in [0.2, 0.25) is 0 Å². The Balaban J connectivity index is 2.14. The first-order valence-corrected chi connectivity index (χ1v) is 6.07. The predicted octanol–water partition coefficient (Wildman–Crippen LogP) is 3.45. The first-order valence-electron chi connectivity index (χ1n) is 6.07. The van der Waals surface area contributed by atoms with Gasteiger partial charge in [-0.25, -0.2) is 4.39 Å². The zero-order chi connectivity index (χ0) is 11.8. The summed E-state index contributed by atoms with van der Waals surface area (Å²) in [5.74, 6) is 0.466. The van der Waals surface area contributed by atoms with E-state index in [1.807, 2.05) is 6.07 Å². The molecule has 1 atom stereocenters. The minimum atomic E-state index is -0.136. The first kappa shape index (κ1) is 11.6. The maximum absolute atomic E-state index is 13.2. The Morgan fingerprint density at radius 2 is 1.94 bits per heavy atom. The molecule has 1 N–H and O–H groups in total. The Kier molecular flexibility index (Phi) is 3.02. The lowest BCUT2D eigenvalue weighted by Crippen LogP contribution is -2.39. The lowest BCUT2D eigenvalue weighted by Gasteiger charge is -2.26. The van der Waals surface area contributed by atoms with Crippen LogP contribution in [0.5, 0.6) is 0 Å². The minimum Gasteiger partial charge on any atom is -0.305 e. The van der Waals surface area contributed by atoms with E-state index in [9.17, 15) is 4.39 Å². The SMILES string of the molecule is CC(C)C(C)NC1(c2cccc(F)c2)CC1. The quantitative estimate of drug-likeness (QED) is 0.821. The summed E-state index contributed by atoms with van der Waals surface area (Å²) in [6, 6.07) is 7.45. The maximum Gasteiger partial charge on any atom is 0.123 e. The van der Waals surface area contributed by atoms with Crippen LogP contribution in [0, 0.1) is 11.7 Å². The third-order valence-corrected chi connectivity index (χ3v) is 3.63. The zero-order valence-electron chi connectivity index (χ0n) is 10.3. The molecule has 0 aliphatic heterocycles. The third-order valence-electron chi connectivity index (χ3n) is 3.63. The van der Waals surface area contributed by atoms with Crippen molar-refractivity contribution >= 4 is 0 Å². The topological polar surface area (TPSA) is 12.0 Å². The van der Waals surface area contributed by atoms with Crippen LogP contribution in [0.3, 0.4) is 0 Å². The molecule has 1 aromatic carbocycles. The Bertz CT molecular complexity index is 369. The summed E-state index contributed by atoms with van der Waals surface area (Å²) >= 11 is 0. The van der Waals surface area contributed by atoms with E-state index in [1.54, 1.807) is 12.1 Å². The molecular weight excluding hydrogens is 201 g/mol. The molecule has 2 rings (SSSR count). The van der Waals surface area contributed by atoms with Gasteiger partial charge >= 0.3 is 0 Å². The second-order valence-electron chi connectivity index (χ2n) is 5.27. The highest BCUT2D eigenvalue weighted by atomic mass is 19.1. The van der Waals surface area contributed by atoms with E-state index in [0.29, 0.717) is 12.0 Å². The second-order valence-corrected chi connectivity index (χ2v) is 5.27. The number of hydrogen-bond donors (Lipinski definition) is 1. The lowest BCUT2D eigenvalue weighted by molar-refractivity contribution is 0.362. The van der Waals surface area contributed by atoms with Gasteiger partial charge in [0.2, 0.25) is 0 Å². The van der Waals surface area contributed by atoms with E-state index < -0.39 is 0 Å². The van der Waals surface area contributed by atoms with Gasteiger partial charge in [-0.15, -0.1) is 0 Å². The van der Waals surface area contributed by atoms with Crippen LogP contribution in [-0.2, 0) is 5.54 Å². The molecule has 1 nitrogen and oxygen atoms in total. The van der Waals surface area contributed by atoms with E-state index in [0.717, 1.165) is 18.4 Å². The van der Waals surface area contributed by atoms with Gasteiger partial charge < -0.3 is 5.32 Å². The number of nitrogens with one attached hydrogen (secondary N) is 1. The average Bonchev–Trinajstić information content (AvgIpc) is 2.99. The van der Waals surface area contributed by atoms with Crippen LogP contribution < -0.4 is 5.32 Å². The van der Waals surface area contributed by atoms with Gasteiger partial charge in [-0.2, -0.15) is 0 Å². The van der Waals surface area contributed by atoms with E-state index in [4.69, 9.17) is 0 Å². The summed E-state index contributed by atoms with van der Waals surface area (Å²) in [5, 5.41) is 3.64. The van der Waals surface area contributed by atoms with Crippen molar-refractivity contribution < 1.29 is 4.39 Å². The largest absolute Gasteiger partial charge is 0.305 e. The Morgan fingerprint density at radius 1 is 1.25 bits per heavy atom. The third kappa shape index (κ3) is 2.27. The molecule has 88 valence electrons. The second kappa shape index (κ2) is 4.17. The van der Waals surface area contributed by atoms with E-state index >= 15 is 0 Å². The van der Waals surface area contributed by atoms with Crippen molar-refractivity contribution in [1.29, 1.82) is 0 Å². The fourth-order valence-electron chi connectivity index (χ4n) is 2.03. The fourth-order valence-corrected chi connectivity index (χ4v) is 2.03. The average molecular weight is 221 g/mol. The van der Waals surface area contributed by atoms with Gasteiger partial charge in [0, 0.05) is 11.6 Å². The Hall–Kier alpha value is -0.890. The number of rotatable bonds is 4. The van der Waals surface area contributed by atoms with Crippen LogP contribution in [-0.4, -0.2) is 6.04 Å². The molecule has 0 saturated heterocycles. The molecular formula is C14H20FN. The number of halogens is 1. The van der Waals surface area contributed by atoms with Crippen LogP contribution >= 0.6 is 0 Å². The van der Waals surface area contributed by atoms with Crippen LogP contribution in [0.1, 0.15) is 39.2 Å². The highest BCUT2D eigenvalue weighted by molar-refractivity contribution is 5.30. The lowest BCUT2D eigenvalue weighted by atomic mass is 10.00. The highest BCUT2D eigenvalue weighted by Crippen LogP contribution is 2.46. The van der Waals surface area contributed by atoms with Crippen molar-refractivity contribution in [3.8, 4) is 0 Å². The van der Waals surface area contributed by atoms with Crippen molar-refractivity contribution in [2.45, 2.75) is 45.2 Å². The van der Waals surface area contributed by atoms with Gasteiger partial charge in [0.25, 0.3) is 0 Å². The molecule has 1 saturated carbocycles. The molecule has 0 heterocycles. The van der Waals surface area contributed by atoms with Crippen molar-refractivity contribution in [2.24, 2.45) is 5.92 Å². The monoisotopic (exact) mass is 221 g/mol. The normalized spacial score (nSPS) is 19.8. The number of hydrogen-bond acceptors (Lipinski definition) is 1. The predicted molar refractivity (Wildman–Crippen MR) is 64.7 cm³/mol. The van der Waals surface area contributed by atoms with Gasteiger partial charge in [-0.3, -0.25) is 0 Å². The van der Waals surface area contributed by atoms with Gasteiger partial charge in [-0.1, -0.05) is 26.0 Å². The molecule has 0 bridgehead atoms. The Morgan fingerprint density at radius 3 is 2.44 bits per heavy atom. The van der Waals surface area contributed by atoms with Crippen LogP contribution in [0.15, 0.2) is 24.3 Å². The molecule has 1 fully saturated rings. The molecule has 1 aliphatic carbocycles. The summed E-state index contributed by atoms with van der Waals surface area (Å²) in [7, 11) is 0.